The van der Waals surface area contributed by atoms with Gasteiger partial charge >= 0.3 is 0 Å². The van der Waals surface area contributed by atoms with Crippen LogP contribution in [-0.2, 0) is 12.8 Å². The molecule has 0 spiro atoms. The maximum atomic E-state index is 13.0. The zero-order valence-corrected chi connectivity index (χ0v) is 13.6. The van der Waals surface area contributed by atoms with Crippen LogP contribution in [0.2, 0.25) is 0 Å². The monoisotopic (exact) mass is 326 g/mol. The summed E-state index contributed by atoms with van der Waals surface area (Å²) < 4.78 is 14.8. The summed E-state index contributed by atoms with van der Waals surface area (Å²) in [4.78, 5) is 17.5. The standard InChI is InChI=1S/C18H19FN4O/c1-11-5-10-16(22-21-13-8-6-12(19)7-9-13)17-20-15-4-2-3-14(15)18(24)23(11)17/h6-9,11,21H,2-5,10H2,1H3/b22-16+. The SMILES string of the molecule is CC1CC/C(=N\Nc2ccc(F)cc2)c2nc3c(c(=O)n21)CCC3. The van der Waals surface area contributed by atoms with Crippen molar-refractivity contribution >= 4 is 11.4 Å². The average Bonchev–Trinajstić information content (AvgIpc) is 3.05. The zero-order chi connectivity index (χ0) is 16.7. The lowest BCUT2D eigenvalue weighted by Gasteiger charge is -2.26. The second-order valence-electron chi connectivity index (χ2n) is 6.45. The summed E-state index contributed by atoms with van der Waals surface area (Å²) >= 11 is 0. The Bertz CT molecular complexity index is 870. The fourth-order valence-corrected chi connectivity index (χ4v) is 3.47. The number of rotatable bonds is 2. The fraction of sp³-hybridized carbons (Fsp3) is 0.389. The molecule has 0 amide bonds. The largest absolute Gasteiger partial charge is 0.288 e. The van der Waals surface area contributed by atoms with Crippen molar-refractivity contribution in [2.75, 3.05) is 5.43 Å². The first-order valence-corrected chi connectivity index (χ1v) is 8.36. The molecular formula is C18H19FN4O. The Hall–Kier alpha value is -2.50. The van der Waals surface area contributed by atoms with Crippen LogP contribution in [0.15, 0.2) is 34.2 Å². The summed E-state index contributed by atoms with van der Waals surface area (Å²) in [5.41, 5.74) is 6.33. The van der Waals surface area contributed by atoms with Gasteiger partial charge in [0.2, 0.25) is 0 Å². The number of nitrogens with one attached hydrogen (secondary N) is 1. The number of benzene rings is 1. The summed E-state index contributed by atoms with van der Waals surface area (Å²) in [6.07, 6.45) is 4.31. The van der Waals surface area contributed by atoms with Crippen LogP contribution >= 0.6 is 0 Å². The molecule has 1 aromatic heterocycles. The lowest BCUT2D eigenvalue weighted by molar-refractivity contribution is 0.467. The lowest BCUT2D eigenvalue weighted by atomic mass is 10.0. The molecule has 1 N–H and O–H groups in total. The maximum absolute atomic E-state index is 13.0. The van der Waals surface area contributed by atoms with Gasteiger partial charge < -0.3 is 0 Å². The Balaban J connectivity index is 1.73. The summed E-state index contributed by atoms with van der Waals surface area (Å²) in [7, 11) is 0. The molecule has 6 heteroatoms. The third-order valence-electron chi connectivity index (χ3n) is 4.80. The van der Waals surface area contributed by atoms with Crippen molar-refractivity contribution in [3.05, 3.63) is 57.5 Å². The van der Waals surface area contributed by atoms with Crippen molar-refractivity contribution in [3.8, 4) is 0 Å². The van der Waals surface area contributed by atoms with Crippen LogP contribution in [0, 0.1) is 5.82 Å². The van der Waals surface area contributed by atoms with Crippen LogP contribution < -0.4 is 11.0 Å². The minimum atomic E-state index is -0.283. The molecule has 1 aliphatic heterocycles. The molecule has 1 atom stereocenters. The van der Waals surface area contributed by atoms with Crippen molar-refractivity contribution in [1.29, 1.82) is 0 Å². The van der Waals surface area contributed by atoms with Crippen LogP contribution in [-0.4, -0.2) is 15.3 Å². The van der Waals surface area contributed by atoms with Gasteiger partial charge in [0.15, 0.2) is 5.82 Å². The number of hydrogen-bond acceptors (Lipinski definition) is 4. The average molecular weight is 326 g/mol. The second-order valence-corrected chi connectivity index (χ2v) is 6.45. The van der Waals surface area contributed by atoms with Gasteiger partial charge in [-0.15, -0.1) is 0 Å². The molecule has 2 aromatic rings. The summed E-state index contributed by atoms with van der Waals surface area (Å²) in [6.45, 7) is 2.05. The fourth-order valence-electron chi connectivity index (χ4n) is 3.47. The van der Waals surface area contributed by atoms with Crippen molar-refractivity contribution in [2.24, 2.45) is 5.10 Å². The van der Waals surface area contributed by atoms with Gasteiger partial charge in [-0.2, -0.15) is 5.10 Å². The topological polar surface area (TPSA) is 59.3 Å². The van der Waals surface area contributed by atoms with E-state index in [-0.39, 0.29) is 17.4 Å². The molecule has 0 fully saturated rings. The number of fused-ring (bicyclic) bond motifs is 2. The highest BCUT2D eigenvalue weighted by Crippen LogP contribution is 2.25. The number of nitrogens with zero attached hydrogens (tertiary/aromatic N) is 3. The van der Waals surface area contributed by atoms with E-state index in [2.05, 4.69) is 17.5 Å². The van der Waals surface area contributed by atoms with Gasteiger partial charge in [0, 0.05) is 11.6 Å². The van der Waals surface area contributed by atoms with E-state index in [1.54, 1.807) is 16.7 Å². The highest BCUT2D eigenvalue weighted by Gasteiger charge is 2.28. The van der Waals surface area contributed by atoms with Gasteiger partial charge in [-0.3, -0.25) is 14.8 Å². The van der Waals surface area contributed by atoms with E-state index < -0.39 is 0 Å². The molecule has 2 aliphatic rings. The molecule has 4 rings (SSSR count). The maximum Gasteiger partial charge on any atom is 0.257 e. The normalized spacial score (nSPS) is 20.8. The number of anilines is 1. The third-order valence-corrected chi connectivity index (χ3v) is 4.80. The number of halogens is 1. The molecule has 1 unspecified atom stereocenters. The second kappa shape index (κ2) is 5.85. The molecule has 5 nitrogen and oxygen atoms in total. The molecule has 1 aromatic carbocycles. The number of aryl methyl sites for hydroxylation is 1. The molecule has 124 valence electrons. The molecular weight excluding hydrogens is 307 g/mol. The lowest BCUT2D eigenvalue weighted by Crippen LogP contribution is -2.36. The third kappa shape index (κ3) is 2.52. The van der Waals surface area contributed by atoms with Gasteiger partial charge in [-0.05, 0) is 63.3 Å². The first-order chi connectivity index (χ1) is 11.6. The molecule has 1 aliphatic carbocycles. The summed E-state index contributed by atoms with van der Waals surface area (Å²) in [5.74, 6) is 0.392. The van der Waals surface area contributed by atoms with Gasteiger partial charge in [0.1, 0.15) is 11.5 Å². The molecule has 24 heavy (non-hydrogen) atoms. The zero-order valence-electron chi connectivity index (χ0n) is 13.6. The quantitative estimate of drug-likeness (QED) is 0.863. The smallest absolute Gasteiger partial charge is 0.257 e. The predicted molar refractivity (Wildman–Crippen MR) is 91.0 cm³/mol. The van der Waals surface area contributed by atoms with Crippen molar-refractivity contribution < 1.29 is 4.39 Å². The van der Waals surface area contributed by atoms with Crippen LogP contribution in [0.4, 0.5) is 10.1 Å². The van der Waals surface area contributed by atoms with Crippen LogP contribution in [0.25, 0.3) is 0 Å². The minimum absolute atomic E-state index is 0.0918. The van der Waals surface area contributed by atoms with Crippen molar-refractivity contribution in [3.63, 3.8) is 0 Å². The Morgan fingerprint density at radius 1 is 1.25 bits per heavy atom. The Labute approximate surface area is 139 Å². The van der Waals surface area contributed by atoms with E-state index in [9.17, 15) is 9.18 Å². The van der Waals surface area contributed by atoms with E-state index in [0.29, 0.717) is 11.5 Å². The summed E-state index contributed by atoms with van der Waals surface area (Å²) in [6, 6.07) is 6.17. The summed E-state index contributed by atoms with van der Waals surface area (Å²) in [5, 5.41) is 4.45. The van der Waals surface area contributed by atoms with Gasteiger partial charge in [-0.25, -0.2) is 9.37 Å². The van der Waals surface area contributed by atoms with E-state index in [0.717, 1.165) is 49.1 Å². The number of hydrazone groups is 1. The van der Waals surface area contributed by atoms with Gasteiger partial charge in [-0.1, -0.05) is 0 Å². The van der Waals surface area contributed by atoms with Crippen LogP contribution in [0.5, 0.6) is 0 Å². The van der Waals surface area contributed by atoms with E-state index in [4.69, 9.17) is 4.98 Å². The van der Waals surface area contributed by atoms with Crippen molar-refractivity contribution in [1.82, 2.24) is 9.55 Å². The number of aromatic nitrogens is 2. The van der Waals surface area contributed by atoms with Crippen LogP contribution in [0.3, 0.4) is 0 Å². The van der Waals surface area contributed by atoms with E-state index >= 15 is 0 Å². The molecule has 2 heterocycles. The van der Waals surface area contributed by atoms with Crippen molar-refractivity contribution in [2.45, 2.75) is 45.1 Å². The molecule has 0 radical (unpaired) electrons. The Morgan fingerprint density at radius 2 is 2.04 bits per heavy atom. The van der Waals surface area contributed by atoms with Crippen LogP contribution in [0.1, 0.15) is 49.3 Å². The highest BCUT2D eigenvalue weighted by molar-refractivity contribution is 5.98. The van der Waals surface area contributed by atoms with E-state index in [1.165, 1.54) is 12.1 Å². The predicted octanol–water partition coefficient (Wildman–Crippen LogP) is 3.04. The minimum Gasteiger partial charge on any atom is -0.288 e. The van der Waals surface area contributed by atoms with Gasteiger partial charge in [0.25, 0.3) is 5.56 Å². The van der Waals surface area contributed by atoms with E-state index in [1.807, 2.05) is 0 Å². The Morgan fingerprint density at radius 3 is 2.83 bits per heavy atom. The molecule has 0 saturated carbocycles. The Kier molecular flexibility index (Phi) is 3.67. The van der Waals surface area contributed by atoms with Gasteiger partial charge in [0.05, 0.1) is 11.4 Å². The highest BCUT2D eigenvalue weighted by atomic mass is 19.1. The number of hydrogen-bond donors (Lipinski definition) is 1. The molecule has 0 bridgehead atoms. The first-order valence-electron chi connectivity index (χ1n) is 8.36. The first kappa shape index (κ1) is 15.1. The molecule has 0 saturated heterocycles.